The molecule has 2 N–H and O–H groups in total. The summed E-state index contributed by atoms with van der Waals surface area (Å²) in [5.74, 6) is -0.678. The van der Waals surface area contributed by atoms with Gasteiger partial charge in [-0.2, -0.15) is 0 Å². The molecule has 0 spiro atoms. The number of carbonyl (C=O) groups excluding carboxylic acids is 3. The minimum absolute atomic E-state index is 0.0520. The van der Waals surface area contributed by atoms with Crippen molar-refractivity contribution in [3.8, 4) is 0 Å². The molecule has 5 rings (SSSR count). The van der Waals surface area contributed by atoms with Gasteiger partial charge >= 0.3 is 6.03 Å². The first kappa shape index (κ1) is 25.5. The van der Waals surface area contributed by atoms with Gasteiger partial charge in [0.1, 0.15) is 11.7 Å². The number of nitrogens with one attached hydrogen (secondary N) is 2. The summed E-state index contributed by atoms with van der Waals surface area (Å²) in [6, 6.07) is 30.1. The molecule has 0 aromatic heterocycles. The summed E-state index contributed by atoms with van der Waals surface area (Å²) in [5, 5.41) is 5.05. The lowest BCUT2D eigenvalue weighted by Gasteiger charge is -2.27. The SMILES string of the molecule is CC1=NC(c2ccccc2)(c2ccccc2)C(=O)N1CC(=O)c1ccc(NC(=O)Nc2ccccc2F)cc1. The topological polar surface area (TPSA) is 90.9 Å². The van der Waals surface area contributed by atoms with Gasteiger partial charge in [0.2, 0.25) is 0 Å². The van der Waals surface area contributed by atoms with Crippen molar-refractivity contribution in [2.45, 2.75) is 12.5 Å². The molecule has 0 aliphatic carbocycles. The highest BCUT2D eigenvalue weighted by Gasteiger charge is 2.50. The molecule has 4 aromatic carbocycles. The standard InChI is InChI=1S/C31H25FN4O3/c1-21-35-31(23-10-4-2-5-11-23,24-12-6-3-7-13-24)29(38)36(21)20-28(37)22-16-18-25(19-17-22)33-30(39)34-27-15-9-8-14-26(27)32/h2-19H,20H2,1H3,(H2,33,34,39). The molecule has 0 bridgehead atoms. The highest BCUT2D eigenvalue weighted by molar-refractivity contribution is 6.13. The van der Waals surface area contributed by atoms with Crippen LogP contribution in [0.2, 0.25) is 0 Å². The predicted molar refractivity (Wildman–Crippen MR) is 148 cm³/mol. The second kappa shape index (κ2) is 10.7. The Morgan fingerprint density at radius 2 is 1.36 bits per heavy atom. The van der Waals surface area contributed by atoms with E-state index < -0.39 is 17.4 Å². The summed E-state index contributed by atoms with van der Waals surface area (Å²) in [6.07, 6.45) is 0. The van der Waals surface area contributed by atoms with E-state index in [4.69, 9.17) is 4.99 Å². The maximum absolute atomic E-state index is 13.9. The maximum atomic E-state index is 13.9. The van der Waals surface area contributed by atoms with Crippen LogP contribution in [0.3, 0.4) is 0 Å². The van der Waals surface area contributed by atoms with Crippen LogP contribution in [-0.2, 0) is 10.3 Å². The minimum atomic E-state index is -1.27. The quantitative estimate of drug-likeness (QED) is 0.299. The fourth-order valence-corrected chi connectivity index (χ4v) is 4.60. The Kier molecular flexibility index (Phi) is 7.01. The van der Waals surface area contributed by atoms with Crippen LogP contribution in [0.4, 0.5) is 20.6 Å². The van der Waals surface area contributed by atoms with Crippen LogP contribution in [0.1, 0.15) is 28.4 Å². The molecule has 39 heavy (non-hydrogen) atoms. The molecule has 1 heterocycles. The molecule has 7 nitrogen and oxygen atoms in total. The highest BCUT2D eigenvalue weighted by atomic mass is 19.1. The first-order chi connectivity index (χ1) is 18.9. The van der Waals surface area contributed by atoms with Crippen LogP contribution in [-0.4, -0.2) is 35.0 Å². The molecule has 0 saturated carbocycles. The van der Waals surface area contributed by atoms with E-state index in [9.17, 15) is 18.8 Å². The zero-order valence-electron chi connectivity index (χ0n) is 21.1. The average molecular weight is 521 g/mol. The van der Waals surface area contributed by atoms with E-state index in [0.717, 1.165) is 11.1 Å². The lowest BCUT2D eigenvalue weighted by atomic mass is 9.83. The molecule has 194 valence electrons. The van der Waals surface area contributed by atoms with Gasteiger partial charge in [0.15, 0.2) is 11.3 Å². The van der Waals surface area contributed by atoms with E-state index in [1.54, 1.807) is 37.3 Å². The number of nitrogens with zero attached hydrogens (tertiary/aromatic N) is 2. The fraction of sp³-hybridized carbons (Fsp3) is 0.0968. The number of carbonyl (C=O) groups is 3. The summed E-state index contributed by atoms with van der Waals surface area (Å²) in [5.41, 5.74) is 1.01. The maximum Gasteiger partial charge on any atom is 0.323 e. The van der Waals surface area contributed by atoms with Crippen molar-refractivity contribution in [2.24, 2.45) is 4.99 Å². The van der Waals surface area contributed by atoms with Crippen LogP contribution in [0.15, 0.2) is 114 Å². The second-order valence-electron chi connectivity index (χ2n) is 9.05. The van der Waals surface area contributed by atoms with E-state index in [2.05, 4.69) is 10.6 Å². The highest BCUT2D eigenvalue weighted by Crippen LogP contribution is 2.40. The Balaban J connectivity index is 1.31. The molecule has 0 saturated heterocycles. The number of anilines is 2. The van der Waals surface area contributed by atoms with Gasteiger partial charge < -0.3 is 10.6 Å². The van der Waals surface area contributed by atoms with Crippen molar-refractivity contribution in [2.75, 3.05) is 17.2 Å². The number of amidine groups is 1. The third kappa shape index (κ3) is 5.04. The molecule has 8 heteroatoms. The lowest BCUT2D eigenvalue weighted by molar-refractivity contribution is -0.129. The number of Topliss-reactive ketones (excluding diaryl/α,β-unsaturated/α-hetero) is 1. The Labute approximate surface area is 225 Å². The van der Waals surface area contributed by atoms with Gasteiger partial charge in [-0.05, 0) is 54.4 Å². The summed E-state index contributed by atoms with van der Waals surface area (Å²) < 4.78 is 13.8. The van der Waals surface area contributed by atoms with Gasteiger partial charge in [-0.3, -0.25) is 14.5 Å². The van der Waals surface area contributed by atoms with E-state index in [0.29, 0.717) is 17.1 Å². The number of halogens is 1. The first-order valence-corrected chi connectivity index (χ1v) is 12.3. The summed E-state index contributed by atoms with van der Waals surface area (Å²) >= 11 is 0. The lowest BCUT2D eigenvalue weighted by Crippen LogP contribution is -2.43. The number of urea groups is 1. The zero-order valence-corrected chi connectivity index (χ0v) is 21.1. The number of hydrogen-bond acceptors (Lipinski definition) is 4. The molecule has 4 aromatic rings. The third-order valence-electron chi connectivity index (χ3n) is 6.55. The Hall–Kier alpha value is -5.11. The van der Waals surface area contributed by atoms with E-state index >= 15 is 0 Å². The van der Waals surface area contributed by atoms with Crippen molar-refractivity contribution in [3.05, 3.63) is 132 Å². The van der Waals surface area contributed by atoms with Gasteiger partial charge in [-0.15, -0.1) is 0 Å². The van der Waals surface area contributed by atoms with Crippen molar-refractivity contribution in [1.82, 2.24) is 4.90 Å². The molecular formula is C31H25FN4O3. The molecule has 3 amide bonds. The van der Waals surface area contributed by atoms with Crippen LogP contribution in [0.5, 0.6) is 0 Å². The van der Waals surface area contributed by atoms with Crippen molar-refractivity contribution in [1.29, 1.82) is 0 Å². The molecule has 0 radical (unpaired) electrons. The van der Waals surface area contributed by atoms with Crippen LogP contribution in [0, 0.1) is 5.82 Å². The number of benzene rings is 4. The normalized spacial score (nSPS) is 14.1. The predicted octanol–water partition coefficient (Wildman–Crippen LogP) is 5.86. The average Bonchev–Trinajstić information content (AvgIpc) is 3.21. The number of hydrogen-bond donors (Lipinski definition) is 2. The monoisotopic (exact) mass is 520 g/mol. The third-order valence-corrected chi connectivity index (χ3v) is 6.55. The van der Waals surface area contributed by atoms with Crippen molar-refractivity contribution < 1.29 is 18.8 Å². The molecule has 0 fully saturated rings. The zero-order chi connectivity index (χ0) is 27.4. The number of ketones is 1. The molecular weight excluding hydrogens is 495 g/mol. The number of aliphatic imine (C=N–C) groups is 1. The van der Waals surface area contributed by atoms with Gasteiger partial charge in [-0.25, -0.2) is 14.2 Å². The van der Waals surface area contributed by atoms with Gasteiger partial charge in [0, 0.05) is 11.3 Å². The van der Waals surface area contributed by atoms with E-state index in [1.165, 1.54) is 23.1 Å². The van der Waals surface area contributed by atoms with Gasteiger partial charge in [0.05, 0.1) is 12.2 Å². The first-order valence-electron chi connectivity index (χ1n) is 12.3. The smallest absolute Gasteiger partial charge is 0.308 e. The van der Waals surface area contributed by atoms with Crippen LogP contribution in [0.25, 0.3) is 0 Å². The largest absolute Gasteiger partial charge is 0.323 e. The summed E-state index contributed by atoms with van der Waals surface area (Å²) in [4.78, 5) is 45.6. The van der Waals surface area contributed by atoms with Crippen LogP contribution < -0.4 is 10.6 Å². The second-order valence-corrected chi connectivity index (χ2v) is 9.05. The Morgan fingerprint density at radius 3 is 1.95 bits per heavy atom. The van der Waals surface area contributed by atoms with E-state index in [1.807, 2.05) is 60.7 Å². The van der Waals surface area contributed by atoms with Crippen molar-refractivity contribution >= 4 is 34.9 Å². The fourth-order valence-electron chi connectivity index (χ4n) is 4.60. The van der Waals surface area contributed by atoms with Gasteiger partial charge in [0.25, 0.3) is 5.91 Å². The van der Waals surface area contributed by atoms with Gasteiger partial charge in [-0.1, -0.05) is 72.8 Å². The number of para-hydroxylation sites is 1. The van der Waals surface area contributed by atoms with Crippen molar-refractivity contribution in [3.63, 3.8) is 0 Å². The molecule has 1 aliphatic heterocycles. The van der Waals surface area contributed by atoms with Crippen LogP contribution >= 0.6 is 0 Å². The number of rotatable bonds is 7. The molecule has 0 atom stereocenters. The molecule has 1 aliphatic rings. The molecule has 0 unspecified atom stereocenters. The minimum Gasteiger partial charge on any atom is -0.308 e. The number of amides is 3. The summed E-state index contributed by atoms with van der Waals surface area (Å²) in [6.45, 7) is 1.54. The Bertz CT molecular complexity index is 1510. The Morgan fingerprint density at radius 1 is 0.795 bits per heavy atom. The van der Waals surface area contributed by atoms with E-state index in [-0.39, 0.29) is 23.9 Å². The summed E-state index contributed by atoms with van der Waals surface area (Å²) in [7, 11) is 0.